The molecule has 0 fully saturated rings. The van der Waals surface area contributed by atoms with Crippen molar-refractivity contribution < 1.29 is 9.59 Å². The number of rotatable bonds is 4. The number of benzene rings is 2. The van der Waals surface area contributed by atoms with E-state index in [9.17, 15) is 9.59 Å². The monoisotopic (exact) mass is 336 g/mol. The van der Waals surface area contributed by atoms with Gasteiger partial charge in [-0.1, -0.05) is 44.2 Å². The number of amides is 2. The van der Waals surface area contributed by atoms with Gasteiger partial charge in [-0.3, -0.25) is 9.59 Å². The molecule has 0 saturated carbocycles. The van der Waals surface area contributed by atoms with Crippen LogP contribution in [0.3, 0.4) is 0 Å². The summed E-state index contributed by atoms with van der Waals surface area (Å²) in [5.74, 6) is -0.0187. The van der Waals surface area contributed by atoms with Crippen molar-refractivity contribution in [1.29, 1.82) is 0 Å². The van der Waals surface area contributed by atoms with Crippen molar-refractivity contribution in [2.45, 2.75) is 39.0 Å². The van der Waals surface area contributed by atoms with E-state index in [1.807, 2.05) is 11.0 Å². The second kappa shape index (κ2) is 7.09. The van der Waals surface area contributed by atoms with E-state index in [0.717, 1.165) is 18.5 Å². The Hall–Kier alpha value is -2.62. The van der Waals surface area contributed by atoms with Gasteiger partial charge in [-0.2, -0.15) is 0 Å². The van der Waals surface area contributed by atoms with Gasteiger partial charge in [-0.05, 0) is 47.6 Å². The Labute approximate surface area is 148 Å². The van der Waals surface area contributed by atoms with Crippen molar-refractivity contribution in [1.82, 2.24) is 0 Å². The number of carbonyl (C=O) groups is 2. The quantitative estimate of drug-likeness (QED) is 0.929. The average Bonchev–Trinajstić information content (AvgIpc) is 2.60. The maximum atomic E-state index is 12.9. The fourth-order valence-corrected chi connectivity index (χ4v) is 3.41. The molecule has 0 unspecified atom stereocenters. The molecule has 4 heteroatoms. The Morgan fingerprint density at radius 3 is 2.64 bits per heavy atom. The second-order valence-electron chi connectivity index (χ2n) is 6.89. The van der Waals surface area contributed by atoms with Gasteiger partial charge in [0.15, 0.2) is 0 Å². The Morgan fingerprint density at radius 1 is 1.16 bits per heavy atom. The Morgan fingerprint density at radius 2 is 1.92 bits per heavy atom. The lowest BCUT2D eigenvalue weighted by Crippen LogP contribution is -2.37. The standard InChI is InChI=1S/C21H24N2O2/c1-14(2)15-9-10-19-17(12-15)7-5-11-23(19)20(24)13-16-6-3-4-8-18(16)21(22)25/h3-4,6,8-10,12,14H,5,7,11,13H2,1-2H3,(H2,22,25). The molecule has 0 saturated heterocycles. The average molecular weight is 336 g/mol. The molecule has 0 aliphatic carbocycles. The molecule has 25 heavy (non-hydrogen) atoms. The number of fused-ring (bicyclic) bond motifs is 1. The highest BCUT2D eigenvalue weighted by Crippen LogP contribution is 2.30. The van der Waals surface area contributed by atoms with Crippen molar-refractivity contribution in [3.8, 4) is 0 Å². The van der Waals surface area contributed by atoms with Crippen molar-refractivity contribution in [2.75, 3.05) is 11.4 Å². The van der Waals surface area contributed by atoms with Crippen LogP contribution in [0.1, 0.15) is 53.2 Å². The van der Waals surface area contributed by atoms with Gasteiger partial charge in [0, 0.05) is 17.8 Å². The molecule has 2 amide bonds. The van der Waals surface area contributed by atoms with Crippen LogP contribution in [0.25, 0.3) is 0 Å². The molecule has 0 aromatic heterocycles. The van der Waals surface area contributed by atoms with Gasteiger partial charge in [0.2, 0.25) is 11.8 Å². The molecular weight excluding hydrogens is 312 g/mol. The molecule has 2 aromatic carbocycles. The van der Waals surface area contributed by atoms with E-state index in [1.165, 1.54) is 11.1 Å². The van der Waals surface area contributed by atoms with Gasteiger partial charge in [0.05, 0.1) is 6.42 Å². The third kappa shape index (κ3) is 3.58. The number of primary amides is 1. The Balaban J connectivity index is 1.87. The van der Waals surface area contributed by atoms with E-state index >= 15 is 0 Å². The van der Waals surface area contributed by atoms with E-state index in [1.54, 1.807) is 18.2 Å². The lowest BCUT2D eigenvalue weighted by Gasteiger charge is -2.30. The molecule has 130 valence electrons. The number of carbonyl (C=O) groups excluding carboxylic acids is 2. The van der Waals surface area contributed by atoms with E-state index < -0.39 is 5.91 Å². The normalized spacial score (nSPS) is 13.6. The molecule has 2 N–H and O–H groups in total. The first-order valence-corrected chi connectivity index (χ1v) is 8.78. The minimum atomic E-state index is -0.496. The fourth-order valence-electron chi connectivity index (χ4n) is 3.41. The molecule has 4 nitrogen and oxygen atoms in total. The number of nitrogens with zero attached hydrogens (tertiary/aromatic N) is 1. The first kappa shape index (κ1) is 17.2. The number of hydrogen-bond acceptors (Lipinski definition) is 2. The zero-order valence-corrected chi connectivity index (χ0v) is 14.8. The summed E-state index contributed by atoms with van der Waals surface area (Å²) < 4.78 is 0. The first-order chi connectivity index (χ1) is 12.0. The summed E-state index contributed by atoms with van der Waals surface area (Å²) in [5.41, 5.74) is 10.1. The molecular formula is C21H24N2O2. The van der Waals surface area contributed by atoms with Crippen molar-refractivity contribution in [3.63, 3.8) is 0 Å². The zero-order chi connectivity index (χ0) is 18.0. The van der Waals surface area contributed by atoms with Gasteiger partial charge in [-0.15, -0.1) is 0 Å². The van der Waals surface area contributed by atoms with Crippen LogP contribution in [0.2, 0.25) is 0 Å². The maximum absolute atomic E-state index is 12.9. The molecule has 2 aromatic rings. The predicted octanol–water partition coefficient (Wildman–Crippen LogP) is 3.43. The molecule has 1 heterocycles. The molecule has 3 rings (SSSR count). The van der Waals surface area contributed by atoms with Crippen molar-refractivity contribution in [2.24, 2.45) is 5.73 Å². The highest BCUT2D eigenvalue weighted by atomic mass is 16.2. The number of anilines is 1. The summed E-state index contributed by atoms with van der Waals surface area (Å²) in [6.07, 6.45) is 2.14. The van der Waals surface area contributed by atoms with Crippen LogP contribution in [0.5, 0.6) is 0 Å². The van der Waals surface area contributed by atoms with E-state index in [-0.39, 0.29) is 12.3 Å². The lowest BCUT2D eigenvalue weighted by atomic mass is 9.94. The van der Waals surface area contributed by atoms with Crippen LogP contribution < -0.4 is 10.6 Å². The number of aryl methyl sites for hydroxylation is 1. The maximum Gasteiger partial charge on any atom is 0.248 e. The summed E-state index contributed by atoms with van der Waals surface area (Å²) in [4.78, 5) is 26.3. The van der Waals surface area contributed by atoms with Crippen LogP contribution in [0.4, 0.5) is 5.69 Å². The second-order valence-corrected chi connectivity index (χ2v) is 6.89. The largest absolute Gasteiger partial charge is 0.366 e. The van der Waals surface area contributed by atoms with E-state index in [2.05, 4.69) is 32.0 Å². The summed E-state index contributed by atoms with van der Waals surface area (Å²) in [5, 5.41) is 0. The molecule has 0 bridgehead atoms. The topological polar surface area (TPSA) is 63.4 Å². The summed E-state index contributed by atoms with van der Waals surface area (Å²) in [7, 11) is 0. The van der Waals surface area contributed by atoms with E-state index in [4.69, 9.17) is 5.73 Å². The van der Waals surface area contributed by atoms with Crippen LogP contribution >= 0.6 is 0 Å². The van der Waals surface area contributed by atoms with Crippen LogP contribution in [-0.4, -0.2) is 18.4 Å². The minimum Gasteiger partial charge on any atom is -0.366 e. The van der Waals surface area contributed by atoms with E-state index in [0.29, 0.717) is 23.6 Å². The van der Waals surface area contributed by atoms with Crippen LogP contribution in [0.15, 0.2) is 42.5 Å². The summed E-state index contributed by atoms with van der Waals surface area (Å²) >= 11 is 0. The van der Waals surface area contributed by atoms with Crippen molar-refractivity contribution >= 4 is 17.5 Å². The Kier molecular flexibility index (Phi) is 4.88. The number of nitrogens with two attached hydrogens (primary N) is 1. The molecule has 1 aliphatic rings. The van der Waals surface area contributed by atoms with Crippen LogP contribution in [0, 0.1) is 0 Å². The minimum absolute atomic E-state index is 0.00643. The molecule has 0 radical (unpaired) electrons. The third-order valence-electron chi connectivity index (χ3n) is 4.81. The van der Waals surface area contributed by atoms with Gasteiger partial charge >= 0.3 is 0 Å². The highest BCUT2D eigenvalue weighted by molar-refractivity contribution is 5.99. The fraction of sp³-hybridized carbons (Fsp3) is 0.333. The number of hydrogen-bond donors (Lipinski definition) is 1. The van der Waals surface area contributed by atoms with Gasteiger partial charge < -0.3 is 10.6 Å². The molecule has 1 aliphatic heterocycles. The Bertz CT molecular complexity index is 811. The van der Waals surface area contributed by atoms with Gasteiger partial charge in [-0.25, -0.2) is 0 Å². The van der Waals surface area contributed by atoms with Crippen LogP contribution in [-0.2, 0) is 17.6 Å². The summed E-state index contributed by atoms with van der Waals surface area (Å²) in [6, 6.07) is 13.4. The van der Waals surface area contributed by atoms with Crippen molar-refractivity contribution in [3.05, 3.63) is 64.7 Å². The van der Waals surface area contributed by atoms with Gasteiger partial charge in [0.1, 0.15) is 0 Å². The highest BCUT2D eigenvalue weighted by Gasteiger charge is 2.24. The smallest absolute Gasteiger partial charge is 0.248 e. The predicted molar refractivity (Wildman–Crippen MR) is 99.9 cm³/mol. The molecule has 0 spiro atoms. The zero-order valence-electron chi connectivity index (χ0n) is 14.8. The SMILES string of the molecule is CC(C)c1ccc2c(c1)CCCN2C(=O)Cc1ccccc1C(N)=O. The lowest BCUT2D eigenvalue weighted by molar-refractivity contribution is -0.118. The summed E-state index contributed by atoms with van der Waals surface area (Å²) in [6.45, 7) is 5.06. The van der Waals surface area contributed by atoms with Gasteiger partial charge in [0.25, 0.3) is 0 Å². The molecule has 0 atom stereocenters. The first-order valence-electron chi connectivity index (χ1n) is 8.78. The third-order valence-corrected chi connectivity index (χ3v) is 4.81.